The lowest BCUT2D eigenvalue weighted by Crippen LogP contribution is -2.18. The highest BCUT2D eigenvalue weighted by molar-refractivity contribution is 5.97. The molecule has 2 N–H and O–H groups in total. The number of ether oxygens (including phenoxy) is 2. The van der Waals surface area contributed by atoms with Crippen LogP contribution >= 0.6 is 0 Å². The summed E-state index contributed by atoms with van der Waals surface area (Å²) in [6.07, 6.45) is 1.36. The number of nitrogens with zero attached hydrogens (tertiary/aromatic N) is 1. The number of aromatic hydroxyl groups is 1. The van der Waals surface area contributed by atoms with E-state index >= 15 is 0 Å². The van der Waals surface area contributed by atoms with Crippen LogP contribution in [0.5, 0.6) is 17.2 Å². The van der Waals surface area contributed by atoms with E-state index in [1.807, 2.05) is 0 Å². The maximum absolute atomic E-state index is 12.1. The summed E-state index contributed by atoms with van der Waals surface area (Å²) in [5, 5.41) is 13.4. The number of methoxy groups -OCH3 is 2. The van der Waals surface area contributed by atoms with Crippen molar-refractivity contribution in [2.75, 3.05) is 14.2 Å². The largest absolute Gasteiger partial charge is 0.507 e. The molecule has 6 heteroatoms. The molecule has 0 saturated carbocycles. The van der Waals surface area contributed by atoms with Gasteiger partial charge in [-0.15, -0.1) is 0 Å². The van der Waals surface area contributed by atoms with Crippen LogP contribution in [0.1, 0.15) is 15.9 Å². The molecule has 2 aromatic carbocycles. The van der Waals surface area contributed by atoms with Crippen molar-refractivity contribution < 1.29 is 19.4 Å². The van der Waals surface area contributed by atoms with Gasteiger partial charge in [0.15, 0.2) is 0 Å². The fourth-order valence-corrected chi connectivity index (χ4v) is 1.80. The van der Waals surface area contributed by atoms with Crippen molar-refractivity contribution >= 4 is 12.1 Å². The van der Waals surface area contributed by atoms with Crippen molar-refractivity contribution in [2.45, 2.75) is 0 Å². The SMILES string of the molecule is COc1ccc(C(=O)N/N=C\c2ccccc2O)c(OC)c1. The summed E-state index contributed by atoms with van der Waals surface area (Å²) in [5.41, 5.74) is 3.22. The molecule has 0 aliphatic heterocycles. The number of hydrazone groups is 1. The zero-order valence-electron chi connectivity index (χ0n) is 12.2. The predicted molar refractivity (Wildman–Crippen MR) is 82.7 cm³/mol. The Morgan fingerprint density at radius 3 is 2.64 bits per heavy atom. The standard InChI is InChI=1S/C16H16N2O4/c1-21-12-7-8-13(15(9-12)22-2)16(20)18-17-10-11-5-3-4-6-14(11)19/h3-10,19H,1-2H3,(H,18,20)/b17-10-. The molecule has 0 unspecified atom stereocenters. The number of amides is 1. The van der Waals surface area contributed by atoms with Gasteiger partial charge >= 0.3 is 0 Å². The summed E-state index contributed by atoms with van der Waals surface area (Å²) in [7, 11) is 3.00. The second kappa shape index (κ2) is 7.12. The molecule has 6 nitrogen and oxygen atoms in total. The highest BCUT2D eigenvalue weighted by atomic mass is 16.5. The van der Waals surface area contributed by atoms with E-state index in [1.54, 1.807) is 36.4 Å². The van der Waals surface area contributed by atoms with Crippen LogP contribution < -0.4 is 14.9 Å². The molecule has 0 heterocycles. The van der Waals surface area contributed by atoms with Crippen LogP contribution in [0.4, 0.5) is 0 Å². The van der Waals surface area contributed by atoms with Gasteiger partial charge in [0.1, 0.15) is 17.2 Å². The van der Waals surface area contributed by atoms with Crippen LogP contribution in [0.3, 0.4) is 0 Å². The first-order valence-electron chi connectivity index (χ1n) is 6.49. The molecule has 0 aliphatic rings. The summed E-state index contributed by atoms with van der Waals surface area (Å²) in [4.78, 5) is 12.1. The van der Waals surface area contributed by atoms with Crippen molar-refractivity contribution in [2.24, 2.45) is 5.10 Å². The van der Waals surface area contributed by atoms with E-state index in [1.165, 1.54) is 26.5 Å². The topological polar surface area (TPSA) is 80.2 Å². The van der Waals surface area contributed by atoms with E-state index in [0.717, 1.165) is 0 Å². The lowest BCUT2D eigenvalue weighted by atomic mass is 10.2. The maximum atomic E-state index is 12.1. The van der Waals surface area contributed by atoms with Crippen LogP contribution in [-0.2, 0) is 0 Å². The second-order valence-corrected chi connectivity index (χ2v) is 4.32. The van der Waals surface area contributed by atoms with Crippen molar-refractivity contribution in [3.63, 3.8) is 0 Å². The molecule has 2 rings (SSSR count). The van der Waals surface area contributed by atoms with Gasteiger partial charge in [-0.2, -0.15) is 5.10 Å². The van der Waals surface area contributed by atoms with Gasteiger partial charge in [-0.05, 0) is 24.3 Å². The smallest absolute Gasteiger partial charge is 0.275 e. The number of hydrogen-bond donors (Lipinski definition) is 2. The maximum Gasteiger partial charge on any atom is 0.275 e. The Morgan fingerprint density at radius 1 is 1.18 bits per heavy atom. The van der Waals surface area contributed by atoms with E-state index in [4.69, 9.17) is 9.47 Å². The minimum absolute atomic E-state index is 0.0857. The van der Waals surface area contributed by atoms with Crippen LogP contribution in [0, 0.1) is 0 Å². The molecule has 0 spiro atoms. The van der Waals surface area contributed by atoms with E-state index in [9.17, 15) is 9.90 Å². The molecule has 0 fully saturated rings. The number of benzene rings is 2. The number of rotatable bonds is 5. The van der Waals surface area contributed by atoms with Crippen molar-refractivity contribution in [3.8, 4) is 17.2 Å². The lowest BCUT2D eigenvalue weighted by molar-refractivity contribution is 0.0952. The number of phenolic OH excluding ortho intramolecular Hbond substituents is 1. The average molecular weight is 300 g/mol. The summed E-state index contributed by atoms with van der Waals surface area (Å²) in [6.45, 7) is 0. The average Bonchev–Trinajstić information content (AvgIpc) is 2.55. The van der Waals surface area contributed by atoms with Gasteiger partial charge in [0.25, 0.3) is 5.91 Å². The Hall–Kier alpha value is -3.02. The first kappa shape index (κ1) is 15.4. The predicted octanol–water partition coefficient (Wildman–Crippen LogP) is 2.17. The fourth-order valence-electron chi connectivity index (χ4n) is 1.80. The minimum atomic E-state index is -0.425. The number of para-hydroxylation sites is 1. The number of hydrogen-bond acceptors (Lipinski definition) is 5. The number of phenols is 1. The fraction of sp³-hybridized carbons (Fsp3) is 0.125. The van der Waals surface area contributed by atoms with Crippen LogP contribution in [0.2, 0.25) is 0 Å². The molecule has 0 saturated heterocycles. The molecule has 0 atom stereocenters. The lowest BCUT2D eigenvalue weighted by Gasteiger charge is -2.08. The van der Waals surface area contributed by atoms with E-state index < -0.39 is 5.91 Å². The molecule has 0 aromatic heterocycles. The molecular formula is C16H16N2O4. The second-order valence-electron chi connectivity index (χ2n) is 4.32. The monoisotopic (exact) mass is 300 g/mol. The van der Waals surface area contributed by atoms with Crippen LogP contribution in [-0.4, -0.2) is 31.4 Å². The zero-order valence-corrected chi connectivity index (χ0v) is 12.2. The summed E-state index contributed by atoms with van der Waals surface area (Å²) in [5.74, 6) is 0.634. The summed E-state index contributed by atoms with van der Waals surface area (Å²) >= 11 is 0. The van der Waals surface area contributed by atoms with Gasteiger partial charge in [0, 0.05) is 11.6 Å². The third-order valence-electron chi connectivity index (χ3n) is 2.96. The molecule has 2 aromatic rings. The van der Waals surface area contributed by atoms with Gasteiger partial charge < -0.3 is 14.6 Å². The van der Waals surface area contributed by atoms with Gasteiger partial charge in [-0.3, -0.25) is 4.79 Å². The van der Waals surface area contributed by atoms with Crippen molar-refractivity contribution in [1.29, 1.82) is 0 Å². The molecular weight excluding hydrogens is 284 g/mol. The molecule has 0 radical (unpaired) electrons. The molecule has 0 bridgehead atoms. The number of carbonyl (C=O) groups is 1. The van der Waals surface area contributed by atoms with Gasteiger partial charge in [-0.25, -0.2) is 5.43 Å². The Morgan fingerprint density at radius 2 is 1.95 bits per heavy atom. The summed E-state index contributed by atoms with van der Waals surface area (Å²) < 4.78 is 10.2. The Labute approximate surface area is 128 Å². The van der Waals surface area contributed by atoms with Gasteiger partial charge in [0.05, 0.1) is 26.0 Å². The van der Waals surface area contributed by atoms with E-state index in [0.29, 0.717) is 22.6 Å². The van der Waals surface area contributed by atoms with Gasteiger partial charge in [0.2, 0.25) is 0 Å². The molecule has 0 aliphatic carbocycles. The molecule has 22 heavy (non-hydrogen) atoms. The van der Waals surface area contributed by atoms with Crippen LogP contribution in [0.15, 0.2) is 47.6 Å². The normalized spacial score (nSPS) is 10.5. The van der Waals surface area contributed by atoms with Gasteiger partial charge in [-0.1, -0.05) is 12.1 Å². The highest BCUT2D eigenvalue weighted by Gasteiger charge is 2.12. The molecule has 114 valence electrons. The van der Waals surface area contributed by atoms with E-state index in [2.05, 4.69) is 10.5 Å². The van der Waals surface area contributed by atoms with Crippen molar-refractivity contribution in [3.05, 3.63) is 53.6 Å². The van der Waals surface area contributed by atoms with E-state index in [-0.39, 0.29) is 5.75 Å². The van der Waals surface area contributed by atoms with Crippen LogP contribution in [0.25, 0.3) is 0 Å². The zero-order chi connectivity index (χ0) is 15.9. The van der Waals surface area contributed by atoms with Crippen molar-refractivity contribution in [1.82, 2.24) is 5.43 Å². The quantitative estimate of drug-likeness (QED) is 0.655. The third-order valence-corrected chi connectivity index (χ3v) is 2.96. The number of nitrogens with one attached hydrogen (secondary N) is 1. The minimum Gasteiger partial charge on any atom is -0.507 e. The summed E-state index contributed by atoms with van der Waals surface area (Å²) in [6, 6.07) is 11.5. The first-order chi connectivity index (χ1) is 10.7. The Bertz CT molecular complexity index is 698. The first-order valence-corrected chi connectivity index (χ1v) is 6.49. The molecule has 1 amide bonds. The Kier molecular flexibility index (Phi) is 4.98. The third kappa shape index (κ3) is 3.54. The number of carbonyl (C=O) groups excluding carboxylic acids is 1. The Balaban J connectivity index is 2.11. The highest BCUT2D eigenvalue weighted by Crippen LogP contribution is 2.24.